The van der Waals surface area contributed by atoms with Crippen LogP contribution < -0.4 is 25.0 Å². The molecule has 2 aromatic carbocycles. The van der Waals surface area contributed by atoms with Crippen molar-refractivity contribution in [1.29, 1.82) is 0 Å². The zero-order valence-electron chi connectivity index (χ0n) is 19.1. The van der Waals surface area contributed by atoms with Crippen molar-refractivity contribution in [2.24, 2.45) is 4.99 Å². The first-order chi connectivity index (χ1) is 15.7. The molecule has 7 nitrogen and oxygen atoms in total. The molecular formula is C25H33N5O2. The zero-order valence-corrected chi connectivity index (χ0v) is 19.1. The largest absolute Gasteiger partial charge is 0.497 e. The van der Waals surface area contributed by atoms with Crippen LogP contribution in [0.2, 0.25) is 0 Å². The highest BCUT2D eigenvalue weighted by molar-refractivity contribution is 5.83. The Morgan fingerprint density at radius 3 is 2.69 bits per heavy atom. The van der Waals surface area contributed by atoms with Crippen LogP contribution in [0.1, 0.15) is 18.4 Å². The zero-order chi connectivity index (χ0) is 22.3. The van der Waals surface area contributed by atoms with Crippen molar-refractivity contribution in [3.63, 3.8) is 0 Å². The van der Waals surface area contributed by atoms with Crippen LogP contribution in [0.5, 0.6) is 11.5 Å². The molecule has 1 aliphatic heterocycles. The van der Waals surface area contributed by atoms with Gasteiger partial charge in [-0.3, -0.25) is 4.99 Å². The molecule has 32 heavy (non-hydrogen) atoms. The Labute approximate surface area is 189 Å². The summed E-state index contributed by atoms with van der Waals surface area (Å²) < 4.78 is 10.8. The van der Waals surface area contributed by atoms with Crippen LogP contribution in [0.15, 0.2) is 53.7 Å². The maximum atomic E-state index is 5.42. The van der Waals surface area contributed by atoms with Gasteiger partial charge in [0.2, 0.25) is 0 Å². The summed E-state index contributed by atoms with van der Waals surface area (Å²) in [6, 6.07) is 14.8. The molecule has 170 valence electrons. The van der Waals surface area contributed by atoms with Gasteiger partial charge < -0.3 is 30.0 Å². The Bertz CT molecular complexity index is 1040. The molecule has 1 fully saturated rings. The van der Waals surface area contributed by atoms with Crippen LogP contribution in [0.3, 0.4) is 0 Å². The van der Waals surface area contributed by atoms with Crippen molar-refractivity contribution in [2.75, 3.05) is 45.8 Å². The van der Waals surface area contributed by atoms with Gasteiger partial charge in [0.15, 0.2) is 5.96 Å². The smallest absolute Gasteiger partial charge is 0.191 e. The summed E-state index contributed by atoms with van der Waals surface area (Å²) in [6.45, 7) is 2.76. The second-order valence-electron chi connectivity index (χ2n) is 8.11. The lowest BCUT2D eigenvalue weighted by Gasteiger charge is -2.21. The molecule has 3 aromatic rings. The van der Waals surface area contributed by atoms with E-state index in [2.05, 4.69) is 68.1 Å². The number of nitrogens with one attached hydrogen (secondary N) is 3. The number of ether oxygens (including phenoxy) is 2. The van der Waals surface area contributed by atoms with Crippen molar-refractivity contribution < 1.29 is 9.47 Å². The third-order valence-corrected chi connectivity index (χ3v) is 6.04. The number of benzene rings is 2. The van der Waals surface area contributed by atoms with Crippen molar-refractivity contribution in [2.45, 2.75) is 25.3 Å². The summed E-state index contributed by atoms with van der Waals surface area (Å²) in [5, 5.41) is 8.36. The van der Waals surface area contributed by atoms with E-state index in [4.69, 9.17) is 9.47 Å². The Balaban J connectivity index is 1.25. The second kappa shape index (κ2) is 10.3. The SMILES string of the molecule is CN=C(NCCCc1c[nH]c2ccccc12)NC1CCN(c2cc(OC)cc(OC)c2)C1. The molecule has 0 spiro atoms. The van der Waals surface area contributed by atoms with E-state index in [1.54, 1.807) is 14.2 Å². The summed E-state index contributed by atoms with van der Waals surface area (Å²) in [5.41, 5.74) is 3.69. The number of methoxy groups -OCH3 is 2. The summed E-state index contributed by atoms with van der Waals surface area (Å²) in [5.74, 6) is 2.48. The molecule has 1 aromatic heterocycles. The van der Waals surface area contributed by atoms with Crippen molar-refractivity contribution in [3.8, 4) is 11.5 Å². The number of nitrogens with zero attached hydrogens (tertiary/aromatic N) is 2. The summed E-state index contributed by atoms with van der Waals surface area (Å²) in [6.07, 6.45) is 5.25. The van der Waals surface area contributed by atoms with Gasteiger partial charge in [-0.15, -0.1) is 0 Å². The number of aromatic nitrogens is 1. The normalized spacial score (nSPS) is 16.4. The minimum absolute atomic E-state index is 0.340. The Kier molecular flexibility index (Phi) is 7.04. The second-order valence-corrected chi connectivity index (χ2v) is 8.11. The number of aromatic amines is 1. The van der Waals surface area contributed by atoms with E-state index in [0.29, 0.717) is 6.04 Å². The molecular weight excluding hydrogens is 402 g/mol. The van der Waals surface area contributed by atoms with Crippen molar-refractivity contribution in [3.05, 3.63) is 54.2 Å². The van der Waals surface area contributed by atoms with Gasteiger partial charge in [-0.25, -0.2) is 0 Å². The number of anilines is 1. The van der Waals surface area contributed by atoms with Gasteiger partial charge in [-0.2, -0.15) is 0 Å². The average molecular weight is 436 g/mol. The predicted octanol–water partition coefficient (Wildman–Crippen LogP) is 3.56. The van der Waals surface area contributed by atoms with Gasteiger partial charge in [0.1, 0.15) is 11.5 Å². The van der Waals surface area contributed by atoms with Gasteiger partial charge in [0.05, 0.1) is 14.2 Å². The van der Waals surface area contributed by atoms with E-state index in [9.17, 15) is 0 Å². The molecule has 0 radical (unpaired) electrons. The topological polar surface area (TPSA) is 73.9 Å². The fraction of sp³-hybridized carbons (Fsp3) is 0.400. The number of aliphatic imine (C=N–C) groups is 1. The van der Waals surface area contributed by atoms with E-state index in [1.165, 1.54) is 16.5 Å². The van der Waals surface area contributed by atoms with Crippen molar-refractivity contribution in [1.82, 2.24) is 15.6 Å². The first kappa shape index (κ1) is 21.9. The maximum Gasteiger partial charge on any atom is 0.191 e. The third kappa shape index (κ3) is 5.10. The van der Waals surface area contributed by atoms with Gasteiger partial charge >= 0.3 is 0 Å². The molecule has 3 N–H and O–H groups in total. The van der Waals surface area contributed by atoms with Crippen LogP contribution in [-0.4, -0.2) is 57.9 Å². The Morgan fingerprint density at radius 2 is 1.94 bits per heavy atom. The highest BCUT2D eigenvalue weighted by Crippen LogP contribution is 2.30. The van der Waals surface area contributed by atoms with E-state index in [-0.39, 0.29) is 0 Å². The summed E-state index contributed by atoms with van der Waals surface area (Å²) in [7, 11) is 5.19. The molecule has 7 heteroatoms. The third-order valence-electron chi connectivity index (χ3n) is 6.04. The van der Waals surface area contributed by atoms with Crippen LogP contribution >= 0.6 is 0 Å². The Hall–Kier alpha value is -3.35. The molecule has 1 saturated heterocycles. The van der Waals surface area contributed by atoms with Gasteiger partial charge in [0, 0.05) is 73.7 Å². The van der Waals surface area contributed by atoms with Crippen molar-refractivity contribution >= 4 is 22.5 Å². The van der Waals surface area contributed by atoms with E-state index in [1.807, 2.05) is 13.1 Å². The van der Waals surface area contributed by atoms with Crippen LogP contribution in [0.25, 0.3) is 10.9 Å². The summed E-state index contributed by atoms with van der Waals surface area (Å²) >= 11 is 0. The van der Waals surface area contributed by atoms with Crippen LogP contribution in [0.4, 0.5) is 5.69 Å². The molecule has 1 atom stereocenters. The number of aryl methyl sites for hydroxylation is 1. The molecule has 4 rings (SSSR count). The average Bonchev–Trinajstić information content (AvgIpc) is 3.48. The molecule has 0 saturated carbocycles. The van der Waals surface area contributed by atoms with E-state index < -0.39 is 0 Å². The molecule has 1 unspecified atom stereocenters. The van der Waals surface area contributed by atoms with E-state index in [0.717, 1.165) is 62.0 Å². The standard InChI is InChI=1S/C25H33N5O2/c1-26-25(27-11-6-7-18-16-28-24-9-5-4-8-23(18)24)29-19-10-12-30(17-19)20-13-21(31-2)15-22(14-20)32-3/h4-5,8-9,13-16,19,28H,6-7,10-12,17H2,1-3H3,(H2,26,27,29). The van der Waals surface area contributed by atoms with Crippen LogP contribution in [-0.2, 0) is 6.42 Å². The molecule has 2 heterocycles. The highest BCUT2D eigenvalue weighted by atomic mass is 16.5. The fourth-order valence-corrected chi connectivity index (χ4v) is 4.30. The highest BCUT2D eigenvalue weighted by Gasteiger charge is 2.24. The molecule has 0 bridgehead atoms. The van der Waals surface area contributed by atoms with E-state index >= 15 is 0 Å². The lowest BCUT2D eigenvalue weighted by atomic mass is 10.1. The minimum Gasteiger partial charge on any atom is -0.497 e. The lowest BCUT2D eigenvalue weighted by molar-refractivity contribution is 0.394. The first-order valence-corrected chi connectivity index (χ1v) is 11.2. The monoisotopic (exact) mass is 435 g/mol. The number of hydrogen-bond acceptors (Lipinski definition) is 4. The quantitative estimate of drug-likeness (QED) is 0.287. The fourth-order valence-electron chi connectivity index (χ4n) is 4.30. The molecule has 0 amide bonds. The number of guanidine groups is 1. The molecule has 0 aliphatic carbocycles. The van der Waals surface area contributed by atoms with Gasteiger partial charge in [-0.05, 0) is 30.9 Å². The number of para-hydroxylation sites is 1. The number of fused-ring (bicyclic) bond motifs is 1. The Morgan fingerprint density at radius 1 is 1.16 bits per heavy atom. The predicted molar refractivity (Wildman–Crippen MR) is 131 cm³/mol. The first-order valence-electron chi connectivity index (χ1n) is 11.2. The molecule has 1 aliphatic rings. The van der Waals surface area contributed by atoms with Crippen LogP contribution in [0, 0.1) is 0 Å². The van der Waals surface area contributed by atoms with Gasteiger partial charge in [-0.1, -0.05) is 18.2 Å². The number of hydrogen-bond donors (Lipinski definition) is 3. The lowest BCUT2D eigenvalue weighted by Crippen LogP contribution is -2.44. The maximum absolute atomic E-state index is 5.42. The van der Waals surface area contributed by atoms with Gasteiger partial charge in [0.25, 0.3) is 0 Å². The summed E-state index contributed by atoms with van der Waals surface area (Å²) in [4.78, 5) is 10.1. The minimum atomic E-state index is 0.340. The number of rotatable bonds is 8. The number of H-pyrrole nitrogens is 1.